The summed E-state index contributed by atoms with van der Waals surface area (Å²) in [5.41, 5.74) is 0.689. The zero-order valence-corrected chi connectivity index (χ0v) is 11.0. The van der Waals surface area contributed by atoms with E-state index >= 15 is 0 Å². The molecule has 0 unspecified atom stereocenters. The Morgan fingerprint density at radius 3 is 2.79 bits per heavy atom. The van der Waals surface area contributed by atoms with Crippen molar-refractivity contribution in [3.8, 4) is 11.8 Å². The van der Waals surface area contributed by atoms with Gasteiger partial charge in [0, 0.05) is 5.56 Å². The van der Waals surface area contributed by atoms with Gasteiger partial charge in [0.1, 0.15) is 10.7 Å². The molecule has 3 nitrogen and oxygen atoms in total. The highest BCUT2D eigenvalue weighted by Gasteiger charge is 2.09. The van der Waals surface area contributed by atoms with Crippen molar-refractivity contribution in [1.29, 1.82) is 0 Å². The maximum absolute atomic E-state index is 12.7. The number of halogens is 1. The van der Waals surface area contributed by atoms with Crippen molar-refractivity contribution in [2.24, 2.45) is 0 Å². The first-order valence-electron chi connectivity index (χ1n) is 5.59. The number of nitrogens with zero attached hydrogens (tertiary/aromatic N) is 1. The van der Waals surface area contributed by atoms with Crippen LogP contribution in [0.4, 0.5) is 4.39 Å². The Morgan fingerprint density at radius 2 is 2.11 bits per heavy atom. The fourth-order valence-corrected chi connectivity index (χ4v) is 1.95. The number of carbonyl (C=O) groups is 1. The van der Waals surface area contributed by atoms with Crippen molar-refractivity contribution in [2.45, 2.75) is 6.92 Å². The van der Waals surface area contributed by atoms with Gasteiger partial charge in [0.05, 0.1) is 12.8 Å². The molecule has 0 saturated carbocycles. The van der Waals surface area contributed by atoms with Gasteiger partial charge in [0.2, 0.25) is 0 Å². The number of carbonyl (C=O) groups excluding carboxylic acids is 1. The van der Waals surface area contributed by atoms with Gasteiger partial charge in [-0.25, -0.2) is 14.2 Å². The van der Waals surface area contributed by atoms with Crippen LogP contribution in [0, 0.1) is 17.7 Å². The number of aromatic nitrogens is 1. The van der Waals surface area contributed by atoms with Crippen LogP contribution >= 0.6 is 11.3 Å². The number of ether oxygens (including phenoxy) is 1. The monoisotopic (exact) mass is 275 g/mol. The van der Waals surface area contributed by atoms with Gasteiger partial charge in [-0.1, -0.05) is 17.3 Å². The molecule has 0 radical (unpaired) electrons. The van der Waals surface area contributed by atoms with E-state index in [9.17, 15) is 9.18 Å². The molecule has 0 aliphatic heterocycles. The Labute approximate surface area is 114 Å². The predicted molar refractivity (Wildman–Crippen MR) is 70.5 cm³/mol. The molecule has 1 heterocycles. The lowest BCUT2D eigenvalue weighted by Crippen LogP contribution is -2.01. The van der Waals surface area contributed by atoms with Crippen molar-refractivity contribution in [2.75, 3.05) is 6.61 Å². The van der Waals surface area contributed by atoms with Crippen LogP contribution in [-0.2, 0) is 4.74 Å². The maximum atomic E-state index is 12.7. The van der Waals surface area contributed by atoms with Gasteiger partial charge in [-0.3, -0.25) is 0 Å². The topological polar surface area (TPSA) is 39.2 Å². The van der Waals surface area contributed by atoms with Gasteiger partial charge in [0.15, 0.2) is 5.01 Å². The molecule has 96 valence electrons. The van der Waals surface area contributed by atoms with Crippen LogP contribution in [0.3, 0.4) is 0 Å². The quantitative estimate of drug-likeness (QED) is 0.625. The second-order valence-electron chi connectivity index (χ2n) is 3.51. The van der Waals surface area contributed by atoms with E-state index in [1.165, 1.54) is 29.7 Å². The predicted octanol–water partition coefficient (Wildman–Crippen LogP) is 2.86. The van der Waals surface area contributed by atoms with E-state index in [1.54, 1.807) is 19.1 Å². The summed E-state index contributed by atoms with van der Waals surface area (Å²) in [6.45, 7) is 2.07. The molecule has 0 aliphatic rings. The van der Waals surface area contributed by atoms with Gasteiger partial charge in [-0.2, -0.15) is 0 Å². The van der Waals surface area contributed by atoms with Gasteiger partial charge < -0.3 is 4.74 Å². The molecule has 2 rings (SSSR count). The average Bonchev–Trinajstić information content (AvgIpc) is 2.87. The highest BCUT2D eigenvalue weighted by atomic mass is 32.1. The first kappa shape index (κ1) is 13.2. The van der Waals surface area contributed by atoms with Gasteiger partial charge in [-0.05, 0) is 37.1 Å². The molecule has 0 saturated heterocycles. The first-order chi connectivity index (χ1) is 9.19. The van der Waals surface area contributed by atoms with Gasteiger partial charge in [0.25, 0.3) is 0 Å². The van der Waals surface area contributed by atoms with Crippen LogP contribution in [-0.4, -0.2) is 17.6 Å². The number of esters is 1. The Kier molecular flexibility index (Phi) is 4.26. The maximum Gasteiger partial charge on any atom is 0.349 e. The minimum Gasteiger partial charge on any atom is -0.462 e. The SMILES string of the molecule is CCOC(=O)c1cnc(C#Cc2ccc(F)cc2)s1. The molecular formula is C14H10FNO2S. The molecule has 0 bridgehead atoms. The minimum absolute atomic E-state index is 0.301. The summed E-state index contributed by atoms with van der Waals surface area (Å²) >= 11 is 1.17. The third kappa shape index (κ3) is 3.63. The Balaban J connectivity index is 2.12. The Morgan fingerprint density at radius 1 is 1.37 bits per heavy atom. The highest BCUT2D eigenvalue weighted by Crippen LogP contribution is 2.13. The van der Waals surface area contributed by atoms with Crippen molar-refractivity contribution >= 4 is 17.3 Å². The lowest BCUT2D eigenvalue weighted by atomic mass is 10.2. The Bertz CT molecular complexity index is 637. The van der Waals surface area contributed by atoms with Gasteiger partial charge in [-0.15, -0.1) is 0 Å². The summed E-state index contributed by atoms with van der Waals surface area (Å²) in [4.78, 5) is 15.9. The fourth-order valence-electron chi connectivity index (χ4n) is 1.29. The van der Waals surface area contributed by atoms with E-state index < -0.39 is 5.97 Å². The molecule has 19 heavy (non-hydrogen) atoms. The van der Waals surface area contributed by atoms with Crippen LogP contribution in [0.25, 0.3) is 0 Å². The third-order valence-corrected chi connectivity index (χ3v) is 3.03. The molecule has 0 spiro atoms. The van der Waals surface area contributed by atoms with Crippen molar-refractivity contribution in [3.63, 3.8) is 0 Å². The van der Waals surface area contributed by atoms with E-state index in [-0.39, 0.29) is 5.82 Å². The third-order valence-electron chi connectivity index (χ3n) is 2.14. The van der Waals surface area contributed by atoms with Crippen LogP contribution < -0.4 is 0 Å². The van der Waals surface area contributed by atoms with Crippen molar-refractivity contribution in [3.05, 3.63) is 51.7 Å². The minimum atomic E-state index is -0.394. The number of hydrogen-bond acceptors (Lipinski definition) is 4. The summed E-state index contributed by atoms with van der Waals surface area (Å²) in [5, 5.41) is 0.521. The van der Waals surface area contributed by atoms with Crippen molar-refractivity contribution in [1.82, 2.24) is 4.98 Å². The second-order valence-corrected chi connectivity index (χ2v) is 4.54. The molecule has 0 N–H and O–H groups in total. The average molecular weight is 275 g/mol. The Hall–Kier alpha value is -2.19. The molecule has 0 fully saturated rings. The summed E-state index contributed by atoms with van der Waals surface area (Å²) in [5.74, 6) is 4.98. The summed E-state index contributed by atoms with van der Waals surface area (Å²) in [6.07, 6.45) is 1.44. The lowest BCUT2D eigenvalue weighted by Gasteiger charge is -1.95. The molecule has 2 aromatic rings. The van der Waals surface area contributed by atoms with E-state index in [0.717, 1.165) is 0 Å². The van der Waals surface area contributed by atoms with Crippen LogP contribution in [0.2, 0.25) is 0 Å². The van der Waals surface area contributed by atoms with E-state index in [0.29, 0.717) is 22.1 Å². The number of benzene rings is 1. The molecule has 5 heteroatoms. The number of hydrogen-bond donors (Lipinski definition) is 0. The molecule has 0 aliphatic carbocycles. The van der Waals surface area contributed by atoms with Crippen molar-refractivity contribution < 1.29 is 13.9 Å². The lowest BCUT2D eigenvalue weighted by molar-refractivity contribution is 0.0532. The zero-order chi connectivity index (χ0) is 13.7. The van der Waals surface area contributed by atoms with Crippen LogP contribution in [0.1, 0.15) is 27.2 Å². The second kappa shape index (κ2) is 6.12. The smallest absolute Gasteiger partial charge is 0.349 e. The molecule has 0 amide bonds. The first-order valence-corrected chi connectivity index (χ1v) is 6.41. The zero-order valence-electron chi connectivity index (χ0n) is 10.1. The number of thiazole rings is 1. The van der Waals surface area contributed by atoms with E-state index in [4.69, 9.17) is 4.74 Å². The highest BCUT2D eigenvalue weighted by molar-refractivity contribution is 7.14. The number of rotatable bonds is 2. The molecule has 1 aromatic carbocycles. The fraction of sp³-hybridized carbons (Fsp3) is 0.143. The van der Waals surface area contributed by atoms with E-state index in [2.05, 4.69) is 16.8 Å². The summed E-state index contributed by atoms with van der Waals surface area (Å²) < 4.78 is 17.6. The summed E-state index contributed by atoms with van der Waals surface area (Å²) in [7, 11) is 0. The molecule has 0 atom stereocenters. The summed E-state index contributed by atoms with van der Waals surface area (Å²) in [6, 6.07) is 5.86. The van der Waals surface area contributed by atoms with E-state index in [1.807, 2.05) is 0 Å². The largest absolute Gasteiger partial charge is 0.462 e. The molecule has 1 aromatic heterocycles. The van der Waals surface area contributed by atoms with Crippen LogP contribution in [0.15, 0.2) is 30.5 Å². The van der Waals surface area contributed by atoms with Gasteiger partial charge >= 0.3 is 5.97 Å². The normalized spacial score (nSPS) is 9.58. The standard InChI is InChI=1S/C14H10FNO2S/c1-2-18-14(17)12-9-16-13(19-12)8-5-10-3-6-11(15)7-4-10/h3-4,6-7,9H,2H2,1H3. The molecular weight excluding hydrogens is 265 g/mol. The van der Waals surface area contributed by atoms with Crippen LogP contribution in [0.5, 0.6) is 0 Å².